The Kier molecular flexibility index (Phi) is 3.89. The molecule has 2 unspecified atom stereocenters. The van der Waals surface area contributed by atoms with Crippen LogP contribution in [0.25, 0.3) is 0 Å². The van der Waals surface area contributed by atoms with Gasteiger partial charge in [-0.15, -0.1) is 0 Å². The first kappa shape index (κ1) is 13.4. The molecule has 0 amide bonds. The van der Waals surface area contributed by atoms with E-state index in [-0.39, 0.29) is 6.10 Å². The number of ether oxygens (including phenoxy) is 2. The van der Waals surface area contributed by atoms with Crippen LogP contribution >= 0.6 is 0 Å². The zero-order chi connectivity index (χ0) is 13.9. The maximum absolute atomic E-state index is 11.5. The van der Waals surface area contributed by atoms with Gasteiger partial charge in [0.2, 0.25) is 0 Å². The molecule has 1 aromatic rings. The van der Waals surface area contributed by atoms with E-state index in [0.29, 0.717) is 13.2 Å². The summed E-state index contributed by atoms with van der Waals surface area (Å²) in [7, 11) is 0. The molecular formula is C15H19NO4. The minimum absolute atomic E-state index is 0.134. The fraction of sp³-hybridized carbons (Fsp3) is 0.533. The van der Waals surface area contributed by atoms with Crippen LogP contribution in [0.3, 0.4) is 0 Å². The molecule has 2 heterocycles. The van der Waals surface area contributed by atoms with E-state index in [9.17, 15) is 9.90 Å². The van der Waals surface area contributed by atoms with Gasteiger partial charge >= 0.3 is 5.97 Å². The van der Waals surface area contributed by atoms with E-state index in [1.807, 2.05) is 18.2 Å². The molecule has 1 aromatic carbocycles. The lowest BCUT2D eigenvalue weighted by Gasteiger charge is -2.18. The van der Waals surface area contributed by atoms with Crippen molar-refractivity contribution in [3.8, 4) is 5.75 Å². The number of aliphatic carboxylic acids is 1. The van der Waals surface area contributed by atoms with Gasteiger partial charge in [0.25, 0.3) is 0 Å². The van der Waals surface area contributed by atoms with Gasteiger partial charge in [-0.25, -0.2) is 0 Å². The van der Waals surface area contributed by atoms with Gasteiger partial charge in [0, 0.05) is 19.6 Å². The van der Waals surface area contributed by atoms with Gasteiger partial charge in [-0.05, 0) is 36.1 Å². The summed E-state index contributed by atoms with van der Waals surface area (Å²) in [6.45, 7) is 2.03. The summed E-state index contributed by atoms with van der Waals surface area (Å²) in [5.41, 5.74) is 1.87. The maximum atomic E-state index is 11.5. The molecule has 2 aliphatic heterocycles. The van der Waals surface area contributed by atoms with E-state index in [4.69, 9.17) is 9.47 Å². The number of rotatable bonds is 5. The second-order valence-electron chi connectivity index (χ2n) is 5.28. The van der Waals surface area contributed by atoms with Crippen LogP contribution in [0, 0.1) is 0 Å². The molecule has 108 valence electrons. The van der Waals surface area contributed by atoms with Gasteiger partial charge in [-0.3, -0.25) is 10.1 Å². The molecule has 2 atom stereocenters. The number of carbonyl (C=O) groups is 1. The number of fused-ring (bicyclic) bond motifs is 1. The average molecular weight is 277 g/mol. The van der Waals surface area contributed by atoms with Crippen molar-refractivity contribution in [3.05, 3.63) is 29.3 Å². The SMILES string of the molecule is O=C(O)C(NCC1CCCO1)c1ccc2c(c1)CCO2. The first-order valence-corrected chi connectivity index (χ1v) is 7.07. The molecular weight excluding hydrogens is 258 g/mol. The van der Waals surface area contributed by atoms with Gasteiger partial charge in [0.15, 0.2) is 0 Å². The van der Waals surface area contributed by atoms with Crippen molar-refractivity contribution in [1.29, 1.82) is 0 Å². The fourth-order valence-corrected chi connectivity index (χ4v) is 2.79. The van der Waals surface area contributed by atoms with E-state index in [1.165, 1.54) is 0 Å². The molecule has 0 saturated carbocycles. The number of hydrogen-bond acceptors (Lipinski definition) is 4. The third-order valence-electron chi connectivity index (χ3n) is 3.87. The Bertz CT molecular complexity index is 497. The number of hydrogen-bond donors (Lipinski definition) is 2. The zero-order valence-electron chi connectivity index (χ0n) is 11.3. The highest BCUT2D eigenvalue weighted by Gasteiger charge is 2.24. The van der Waals surface area contributed by atoms with Crippen LogP contribution in [0.1, 0.15) is 30.0 Å². The molecule has 5 nitrogen and oxygen atoms in total. The van der Waals surface area contributed by atoms with Crippen molar-refractivity contribution in [2.24, 2.45) is 0 Å². The maximum Gasteiger partial charge on any atom is 0.325 e. The number of nitrogens with one attached hydrogen (secondary N) is 1. The summed E-state index contributed by atoms with van der Waals surface area (Å²) in [6.07, 6.45) is 3.04. The third kappa shape index (κ3) is 2.78. The Labute approximate surface area is 117 Å². The zero-order valence-corrected chi connectivity index (χ0v) is 11.3. The molecule has 3 rings (SSSR count). The lowest BCUT2D eigenvalue weighted by atomic mass is 10.0. The minimum atomic E-state index is -0.859. The molecule has 2 N–H and O–H groups in total. The molecule has 2 aliphatic rings. The second-order valence-corrected chi connectivity index (χ2v) is 5.28. The van der Waals surface area contributed by atoms with Crippen LogP contribution in [0.4, 0.5) is 0 Å². The van der Waals surface area contributed by atoms with Gasteiger partial charge < -0.3 is 14.6 Å². The summed E-state index contributed by atoms with van der Waals surface area (Å²) in [6, 6.07) is 4.93. The first-order chi connectivity index (χ1) is 9.74. The summed E-state index contributed by atoms with van der Waals surface area (Å²) < 4.78 is 11.0. The number of carboxylic acid groups (broad SMARTS) is 1. The molecule has 0 radical (unpaired) electrons. The predicted octanol–water partition coefficient (Wildman–Crippen LogP) is 1.52. The highest BCUT2D eigenvalue weighted by molar-refractivity contribution is 5.75. The van der Waals surface area contributed by atoms with E-state index in [0.717, 1.165) is 42.7 Å². The average Bonchev–Trinajstić information content (AvgIpc) is 3.08. The Balaban J connectivity index is 1.71. The van der Waals surface area contributed by atoms with Gasteiger partial charge in [-0.2, -0.15) is 0 Å². The van der Waals surface area contributed by atoms with Crippen LogP contribution in [-0.4, -0.2) is 36.9 Å². The van der Waals surface area contributed by atoms with Crippen LogP contribution in [0.2, 0.25) is 0 Å². The largest absolute Gasteiger partial charge is 0.493 e. The molecule has 5 heteroatoms. The van der Waals surface area contributed by atoms with Crippen molar-refractivity contribution >= 4 is 5.97 Å². The van der Waals surface area contributed by atoms with Crippen molar-refractivity contribution < 1.29 is 19.4 Å². The quantitative estimate of drug-likeness (QED) is 0.854. The second kappa shape index (κ2) is 5.81. The smallest absolute Gasteiger partial charge is 0.325 e. The highest BCUT2D eigenvalue weighted by Crippen LogP contribution is 2.28. The summed E-state index contributed by atoms with van der Waals surface area (Å²) in [4.78, 5) is 11.5. The number of carboxylic acids is 1. The Morgan fingerprint density at radius 1 is 1.45 bits per heavy atom. The molecule has 1 saturated heterocycles. The number of benzene rings is 1. The highest BCUT2D eigenvalue weighted by atomic mass is 16.5. The molecule has 1 fully saturated rings. The Morgan fingerprint density at radius 3 is 3.10 bits per heavy atom. The normalized spacial score (nSPS) is 22.3. The summed E-state index contributed by atoms with van der Waals surface area (Å²) in [5, 5.41) is 12.5. The Hall–Kier alpha value is -1.59. The summed E-state index contributed by atoms with van der Waals surface area (Å²) >= 11 is 0. The topological polar surface area (TPSA) is 67.8 Å². The van der Waals surface area contributed by atoms with Crippen molar-refractivity contribution in [2.45, 2.75) is 31.4 Å². The lowest BCUT2D eigenvalue weighted by Crippen LogP contribution is -2.34. The molecule has 0 spiro atoms. The van der Waals surface area contributed by atoms with Crippen molar-refractivity contribution in [1.82, 2.24) is 5.32 Å². The van der Waals surface area contributed by atoms with E-state index >= 15 is 0 Å². The molecule has 0 aliphatic carbocycles. The fourth-order valence-electron chi connectivity index (χ4n) is 2.79. The minimum Gasteiger partial charge on any atom is -0.493 e. The van der Waals surface area contributed by atoms with Crippen LogP contribution < -0.4 is 10.1 Å². The predicted molar refractivity (Wildman–Crippen MR) is 73.0 cm³/mol. The monoisotopic (exact) mass is 277 g/mol. The molecule has 20 heavy (non-hydrogen) atoms. The van der Waals surface area contributed by atoms with E-state index in [2.05, 4.69) is 5.32 Å². The third-order valence-corrected chi connectivity index (χ3v) is 3.87. The van der Waals surface area contributed by atoms with Crippen LogP contribution in [0.5, 0.6) is 5.75 Å². The Morgan fingerprint density at radius 2 is 2.35 bits per heavy atom. The van der Waals surface area contributed by atoms with Crippen LogP contribution in [0.15, 0.2) is 18.2 Å². The van der Waals surface area contributed by atoms with Crippen molar-refractivity contribution in [2.75, 3.05) is 19.8 Å². The lowest BCUT2D eigenvalue weighted by molar-refractivity contribution is -0.139. The van der Waals surface area contributed by atoms with Gasteiger partial charge in [0.1, 0.15) is 11.8 Å². The van der Waals surface area contributed by atoms with Gasteiger partial charge in [0.05, 0.1) is 12.7 Å². The van der Waals surface area contributed by atoms with Crippen molar-refractivity contribution in [3.63, 3.8) is 0 Å². The van der Waals surface area contributed by atoms with Gasteiger partial charge in [-0.1, -0.05) is 6.07 Å². The molecule has 0 bridgehead atoms. The van der Waals surface area contributed by atoms with E-state index < -0.39 is 12.0 Å². The first-order valence-electron chi connectivity index (χ1n) is 7.07. The van der Waals surface area contributed by atoms with E-state index in [1.54, 1.807) is 0 Å². The van der Waals surface area contributed by atoms with Crippen LogP contribution in [-0.2, 0) is 16.0 Å². The molecule has 0 aromatic heterocycles. The summed E-state index contributed by atoms with van der Waals surface area (Å²) in [5.74, 6) is 0.0128. The standard InChI is InChI=1S/C15H19NO4/c17-15(18)14(16-9-12-2-1-6-19-12)11-3-4-13-10(8-11)5-7-20-13/h3-4,8,12,14,16H,1-2,5-7,9H2,(H,17,18).